The molecule has 0 aliphatic carbocycles. The van der Waals surface area contributed by atoms with Crippen LogP contribution in [0, 0.1) is 6.92 Å². The molecule has 2 aromatic carbocycles. The van der Waals surface area contributed by atoms with Crippen molar-refractivity contribution in [2.75, 3.05) is 12.9 Å². The Kier molecular flexibility index (Phi) is 7.89. The number of aryl methyl sites for hydroxylation is 1. The molecular formula is C26H26N4O4S. The summed E-state index contributed by atoms with van der Waals surface area (Å²) in [5.74, 6) is 2.27. The molecule has 4 aromatic rings. The fraction of sp³-hybridized carbons (Fsp3) is 0.192. The van der Waals surface area contributed by atoms with Crippen LogP contribution in [0.1, 0.15) is 27.4 Å². The van der Waals surface area contributed by atoms with Crippen molar-refractivity contribution in [3.8, 4) is 11.4 Å². The number of furan rings is 1. The van der Waals surface area contributed by atoms with Gasteiger partial charge in [-0.15, -0.1) is 0 Å². The Morgan fingerprint density at radius 3 is 2.46 bits per heavy atom. The third-order valence-electron chi connectivity index (χ3n) is 5.21. The van der Waals surface area contributed by atoms with Crippen molar-refractivity contribution in [3.05, 3.63) is 95.7 Å². The van der Waals surface area contributed by atoms with E-state index >= 15 is 0 Å². The topological polar surface area (TPSA) is 98.4 Å². The number of nitrogens with zero attached hydrogens (tertiary/aromatic N) is 2. The van der Waals surface area contributed by atoms with Crippen molar-refractivity contribution < 1.29 is 18.7 Å². The first kappa shape index (κ1) is 24.2. The van der Waals surface area contributed by atoms with Crippen molar-refractivity contribution in [3.63, 3.8) is 0 Å². The van der Waals surface area contributed by atoms with Gasteiger partial charge in [-0.05, 0) is 61.0 Å². The lowest BCUT2D eigenvalue weighted by Crippen LogP contribution is -2.24. The van der Waals surface area contributed by atoms with Crippen LogP contribution in [0.15, 0.2) is 82.6 Å². The molecule has 2 amide bonds. The van der Waals surface area contributed by atoms with E-state index in [-0.39, 0.29) is 17.6 Å². The van der Waals surface area contributed by atoms with E-state index in [9.17, 15) is 9.59 Å². The second kappa shape index (κ2) is 11.4. The highest BCUT2D eigenvalue weighted by Gasteiger charge is 2.11. The predicted molar refractivity (Wildman–Crippen MR) is 134 cm³/mol. The predicted octanol–water partition coefficient (Wildman–Crippen LogP) is 4.12. The molecule has 0 radical (unpaired) electrons. The average molecular weight is 491 g/mol. The number of thioether (sulfide) groups is 1. The molecule has 2 heterocycles. The molecule has 2 aromatic heterocycles. The van der Waals surface area contributed by atoms with Gasteiger partial charge in [0, 0.05) is 30.2 Å². The van der Waals surface area contributed by atoms with E-state index in [1.165, 1.54) is 11.8 Å². The van der Waals surface area contributed by atoms with E-state index < -0.39 is 0 Å². The number of hydrogen-bond acceptors (Lipinski definition) is 6. The molecule has 0 atom stereocenters. The van der Waals surface area contributed by atoms with Gasteiger partial charge in [-0.1, -0.05) is 23.9 Å². The van der Waals surface area contributed by atoms with Gasteiger partial charge in [0.15, 0.2) is 5.16 Å². The Morgan fingerprint density at radius 2 is 1.77 bits per heavy atom. The van der Waals surface area contributed by atoms with Crippen LogP contribution < -0.4 is 15.4 Å². The second-order valence-corrected chi connectivity index (χ2v) is 8.68. The van der Waals surface area contributed by atoms with Crippen molar-refractivity contribution >= 4 is 23.6 Å². The van der Waals surface area contributed by atoms with Crippen molar-refractivity contribution in [2.24, 2.45) is 0 Å². The summed E-state index contributed by atoms with van der Waals surface area (Å²) in [6, 6.07) is 18.5. The van der Waals surface area contributed by atoms with Crippen LogP contribution in [0.2, 0.25) is 0 Å². The highest BCUT2D eigenvalue weighted by molar-refractivity contribution is 7.99. The van der Waals surface area contributed by atoms with E-state index in [1.54, 1.807) is 25.4 Å². The van der Waals surface area contributed by atoms with E-state index in [4.69, 9.17) is 9.15 Å². The number of hydrogen-bond donors (Lipinski definition) is 2. The smallest absolute Gasteiger partial charge is 0.251 e. The lowest BCUT2D eigenvalue weighted by Gasteiger charge is -2.09. The lowest BCUT2D eigenvalue weighted by molar-refractivity contribution is -0.118. The third-order valence-corrected chi connectivity index (χ3v) is 6.18. The fourth-order valence-electron chi connectivity index (χ4n) is 3.34. The Bertz CT molecular complexity index is 1280. The molecule has 0 spiro atoms. The fourth-order valence-corrected chi connectivity index (χ4v) is 4.14. The van der Waals surface area contributed by atoms with E-state index in [0.29, 0.717) is 29.6 Å². The van der Waals surface area contributed by atoms with Crippen LogP contribution in [0.5, 0.6) is 5.75 Å². The van der Waals surface area contributed by atoms with Gasteiger partial charge in [-0.3, -0.25) is 14.2 Å². The third kappa shape index (κ3) is 6.54. The van der Waals surface area contributed by atoms with E-state index in [2.05, 4.69) is 15.6 Å². The summed E-state index contributed by atoms with van der Waals surface area (Å²) in [5.41, 5.74) is 2.39. The number of benzene rings is 2. The van der Waals surface area contributed by atoms with Gasteiger partial charge in [-0.2, -0.15) is 0 Å². The molecule has 0 aliphatic heterocycles. The zero-order chi connectivity index (χ0) is 24.6. The number of rotatable bonds is 10. The summed E-state index contributed by atoms with van der Waals surface area (Å²) >= 11 is 1.35. The highest BCUT2D eigenvalue weighted by atomic mass is 32.2. The molecule has 35 heavy (non-hydrogen) atoms. The number of carbonyl (C=O) groups is 2. The maximum absolute atomic E-state index is 12.4. The zero-order valence-electron chi connectivity index (χ0n) is 19.5. The van der Waals surface area contributed by atoms with E-state index in [1.807, 2.05) is 66.2 Å². The summed E-state index contributed by atoms with van der Waals surface area (Å²) < 4.78 is 12.5. The van der Waals surface area contributed by atoms with Gasteiger partial charge < -0.3 is 19.8 Å². The molecular weight excluding hydrogens is 464 g/mol. The van der Waals surface area contributed by atoms with E-state index in [0.717, 1.165) is 22.8 Å². The number of imidazole rings is 1. The zero-order valence-corrected chi connectivity index (χ0v) is 20.3. The second-order valence-electron chi connectivity index (χ2n) is 7.74. The molecule has 8 nitrogen and oxygen atoms in total. The maximum atomic E-state index is 12.4. The molecule has 0 saturated heterocycles. The SMILES string of the molecule is COc1ccc(CNC(=O)CSc2nccn2-c2ccc(C(=O)NCc3ccc(C)o3)cc2)cc1. The van der Waals surface area contributed by atoms with Crippen LogP contribution >= 0.6 is 11.8 Å². The maximum Gasteiger partial charge on any atom is 0.251 e. The van der Waals surface area contributed by atoms with Crippen LogP contribution in [0.3, 0.4) is 0 Å². The minimum atomic E-state index is -0.181. The largest absolute Gasteiger partial charge is 0.497 e. The number of amides is 2. The molecule has 0 fully saturated rings. The quantitative estimate of drug-likeness (QED) is 0.325. The van der Waals surface area contributed by atoms with Gasteiger partial charge in [0.05, 0.1) is 19.4 Å². The van der Waals surface area contributed by atoms with Crippen LogP contribution in [-0.4, -0.2) is 34.2 Å². The highest BCUT2D eigenvalue weighted by Crippen LogP contribution is 2.21. The van der Waals surface area contributed by atoms with Gasteiger partial charge >= 0.3 is 0 Å². The molecule has 180 valence electrons. The first-order valence-corrected chi connectivity index (χ1v) is 12.0. The summed E-state index contributed by atoms with van der Waals surface area (Å²) in [6.45, 7) is 2.64. The van der Waals surface area contributed by atoms with Gasteiger partial charge in [0.1, 0.15) is 17.3 Å². The molecule has 0 unspecified atom stereocenters. The number of ether oxygens (including phenoxy) is 1. The first-order valence-electron chi connectivity index (χ1n) is 11.0. The van der Waals surface area contributed by atoms with Crippen LogP contribution in [-0.2, 0) is 17.9 Å². The Labute approximate surface area is 207 Å². The number of methoxy groups -OCH3 is 1. The summed E-state index contributed by atoms with van der Waals surface area (Å²) in [6.07, 6.45) is 3.51. The summed E-state index contributed by atoms with van der Waals surface area (Å²) in [7, 11) is 1.62. The summed E-state index contributed by atoms with van der Waals surface area (Å²) in [4.78, 5) is 29.1. The molecule has 0 bridgehead atoms. The van der Waals surface area contributed by atoms with Gasteiger partial charge in [0.2, 0.25) is 5.91 Å². The van der Waals surface area contributed by atoms with Crippen molar-refractivity contribution in [2.45, 2.75) is 25.2 Å². The van der Waals surface area contributed by atoms with Gasteiger partial charge in [0.25, 0.3) is 5.91 Å². The molecule has 4 rings (SSSR count). The molecule has 9 heteroatoms. The van der Waals surface area contributed by atoms with Crippen molar-refractivity contribution in [1.82, 2.24) is 20.2 Å². The van der Waals surface area contributed by atoms with Crippen LogP contribution in [0.4, 0.5) is 0 Å². The van der Waals surface area contributed by atoms with Gasteiger partial charge in [-0.25, -0.2) is 4.98 Å². The normalized spacial score (nSPS) is 10.7. The number of nitrogens with one attached hydrogen (secondary N) is 2. The Hall–Kier alpha value is -3.98. The number of carbonyl (C=O) groups excluding carboxylic acids is 2. The monoisotopic (exact) mass is 490 g/mol. The lowest BCUT2D eigenvalue weighted by atomic mass is 10.2. The molecule has 0 saturated carbocycles. The van der Waals surface area contributed by atoms with Crippen molar-refractivity contribution in [1.29, 1.82) is 0 Å². The standard InChI is InChI=1S/C26H26N4O4S/c1-18-3-10-23(34-18)16-29-25(32)20-6-8-21(9-7-20)30-14-13-27-26(30)35-17-24(31)28-15-19-4-11-22(33-2)12-5-19/h3-14H,15-17H2,1-2H3,(H,28,31)(H,29,32). The molecule has 2 N–H and O–H groups in total. The molecule has 0 aliphatic rings. The minimum absolute atomic E-state index is 0.0841. The summed E-state index contributed by atoms with van der Waals surface area (Å²) in [5, 5.41) is 6.45. The first-order chi connectivity index (χ1) is 17.0. The minimum Gasteiger partial charge on any atom is -0.497 e. The number of aromatic nitrogens is 2. The Balaban J connectivity index is 1.29. The van der Waals surface area contributed by atoms with Crippen LogP contribution in [0.25, 0.3) is 5.69 Å². The Morgan fingerprint density at radius 1 is 1.00 bits per heavy atom. The average Bonchev–Trinajstić information content (AvgIpc) is 3.54.